The number of benzene rings is 1. The lowest BCUT2D eigenvalue weighted by Gasteiger charge is -2.13. The second kappa shape index (κ2) is 11.3. The fourth-order valence-electron chi connectivity index (χ4n) is 2.38. The van der Waals surface area contributed by atoms with Crippen LogP contribution in [0.15, 0.2) is 38.1 Å². The van der Waals surface area contributed by atoms with Crippen LogP contribution >= 0.6 is 27.5 Å². The van der Waals surface area contributed by atoms with E-state index in [1.54, 1.807) is 31.3 Å². The number of nitrogens with two attached hydrogens (primary N) is 1. The minimum Gasteiger partial charge on any atom is -0.492 e. The fraction of sp³-hybridized carbons (Fsp3) is 0.389. The van der Waals surface area contributed by atoms with Crippen molar-refractivity contribution in [3.8, 4) is 5.75 Å². The monoisotopic (exact) mass is 519 g/mol. The predicted molar refractivity (Wildman–Crippen MR) is 121 cm³/mol. The van der Waals surface area contributed by atoms with Gasteiger partial charge in [-0.3, -0.25) is 0 Å². The third kappa shape index (κ3) is 7.29. The van der Waals surface area contributed by atoms with Crippen molar-refractivity contribution in [1.82, 2.24) is 9.97 Å². The van der Waals surface area contributed by atoms with Crippen molar-refractivity contribution in [2.24, 2.45) is 4.36 Å². The lowest BCUT2D eigenvalue weighted by atomic mass is 10.3. The second-order valence-corrected chi connectivity index (χ2v) is 9.54. The van der Waals surface area contributed by atoms with E-state index in [0.29, 0.717) is 41.7 Å². The molecule has 9 nitrogen and oxygen atoms in total. The first kappa shape index (κ1) is 24.2. The van der Waals surface area contributed by atoms with Crippen LogP contribution in [0.3, 0.4) is 0 Å². The number of amides is 1. The van der Waals surface area contributed by atoms with Gasteiger partial charge in [0.15, 0.2) is 0 Å². The number of carbonyl (C=O) groups is 1. The van der Waals surface area contributed by atoms with Gasteiger partial charge >= 0.3 is 6.09 Å². The molecule has 0 saturated carbocycles. The van der Waals surface area contributed by atoms with Crippen LogP contribution in [-0.2, 0) is 14.5 Å². The molecule has 30 heavy (non-hydrogen) atoms. The number of unbranched alkanes of at least 4 members (excludes halogenated alkanes) is 1. The quantitative estimate of drug-likeness (QED) is 0.283. The van der Waals surface area contributed by atoms with Gasteiger partial charge in [0.25, 0.3) is 0 Å². The smallest absolute Gasteiger partial charge is 0.442 e. The molecule has 0 saturated heterocycles. The highest BCUT2D eigenvalue weighted by molar-refractivity contribution is 9.10. The highest BCUT2D eigenvalue weighted by atomic mass is 79.9. The largest absolute Gasteiger partial charge is 0.492 e. The van der Waals surface area contributed by atoms with Gasteiger partial charge in [-0.2, -0.15) is 4.98 Å². The summed E-state index contributed by atoms with van der Waals surface area (Å²) in [5, 5.41) is 3.32. The van der Waals surface area contributed by atoms with Crippen LogP contribution in [0.2, 0.25) is 5.28 Å². The third-order valence-corrected chi connectivity index (χ3v) is 6.14. The number of anilines is 2. The molecule has 0 radical (unpaired) electrons. The lowest BCUT2D eigenvalue weighted by Crippen LogP contribution is -2.10. The maximum absolute atomic E-state index is 12.9. The first-order valence-corrected chi connectivity index (χ1v) is 12.2. The number of aromatic nitrogens is 2. The fourth-order valence-corrected chi connectivity index (χ4v) is 4.09. The summed E-state index contributed by atoms with van der Waals surface area (Å²) in [4.78, 5) is 19.9. The van der Waals surface area contributed by atoms with Gasteiger partial charge in [-0.05, 0) is 59.4 Å². The maximum atomic E-state index is 12.9. The van der Waals surface area contributed by atoms with Gasteiger partial charge in [0, 0.05) is 30.8 Å². The number of nitrogen functional groups attached to an aromatic ring is 1. The van der Waals surface area contributed by atoms with Crippen molar-refractivity contribution in [2.45, 2.75) is 24.7 Å². The molecule has 0 bridgehead atoms. The number of hydrogen-bond donors (Lipinski definition) is 2. The first-order chi connectivity index (χ1) is 14.2. The Morgan fingerprint density at radius 3 is 2.90 bits per heavy atom. The zero-order valence-electron chi connectivity index (χ0n) is 16.6. The van der Waals surface area contributed by atoms with Crippen LogP contribution in [0.1, 0.15) is 19.8 Å². The molecule has 12 heteroatoms. The molecule has 2 rings (SSSR count). The summed E-state index contributed by atoms with van der Waals surface area (Å²) >= 11 is 9.14. The Bertz CT molecular complexity index is 1010. The van der Waals surface area contributed by atoms with Crippen LogP contribution in [0.4, 0.5) is 16.3 Å². The number of carbonyl (C=O) groups excluding carboxylic acids is 1. The lowest BCUT2D eigenvalue weighted by molar-refractivity contribution is 0.164. The summed E-state index contributed by atoms with van der Waals surface area (Å²) in [6.45, 7) is 2.80. The Kier molecular flexibility index (Phi) is 9.12. The molecule has 3 N–H and O–H groups in total. The SMILES string of the molecule is CCOC(=O)N=S(C)(=O)c1ccc(N)cc1OCCCCNc1nc(Cl)ncc1Br. The van der Waals surface area contributed by atoms with E-state index in [2.05, 4.69) is 35.6 Å². The second-order valence-electron chi connectivity index (χ2n) is 6.12. The maximum Gasteiger partial charge on any atom is 0.442 e. The van der Waals surface area contributed by atoms with E-state index in [4.69, 9.17) is 26.8 Å². The zero-order chi connectivity index (χ0) is 22.1. The molecule has 2 aromatic rings. The van der Waals surface area contributed by atoms with Crippen molar-refractivity contribution < 1.29 is 18.5 Å². The van der Waals surface area contributed by atoms with Crippen LogP contribution < -0.4 is 15.8 Å². The van der Waals surface area contributed by atoms with E-state index in [1.807, 2.05) is 0 Å². The molecule has 1 aromatic carbocycles. The average molecular weight is 521 g/mol. The Labute approximate surface area is 189 Å². The van der Waals surface area contributed by atoms with E-state index in [9.17, 15) is 9.00 Å². The highest BCUT2D eigenvalue weighted by Gasteiger charge is 2.16. The van der Waals surface area contributed by atoms with Crippen molar-refractivity contribution in [3.05, 3.63) is 34.2 Å². The Hall–Kier alpha value is -2.11. The van der Waals surface area contributed by atoms with Crippen LogP contribution in [0.25, 0.3) is 0 Å². The van der Waals surface area contributed by atoms with Crippen LogP contribution in [-0.4, -0.2) is 46.3 Å². The average Bonchev–Trinajstić information content (AvgIpc) is 2.66. The Morgan fingerprint density at radius 2 is 2.17 bits per heavy atom. The van der Waals surface area contributed by atoms with E-state index < -0.39 is 15.8 Å². The minimum atomic E-state index is -3.05. The molecule has 1 unspecified atom stereocenters. The summed E-state index contributed by atoms with van der Waals surface area (Å²) in [5.74, 6) is 0.939. The standard InChI is InChI=1S/C18H23BrClN5O4S/c1-3-28-18(26)25-30(2,27)15-7-6-12(21)10-14(15)29-9-5-4-8-22-16-13(19)11-23-17(20)24-16/h6-7,10-11H,3-5,8-9,21H2,1-2H3,(H,22,23,24). The summed E-state index contributed by atoms with van der Waals surface area (Å²) < 4.78 is 27.9. The number of hydrogen-bond acceptors (Lipinski definition) is 8. The number of nitrogens with zero attached hydrogens (tertiary/aromatic N) is 3. The number of nitrogens with one attached hydrogen (secondary N) is 1. The molecule has 0 fully saturated rings. The highest BCUT2D eigenvalue weighted by Crippen LogP contribution is 2.28. The van der Waals surface area contributed by atoms with Crippen LogP contribution in [0.5, 0.6) is 5.75 Å². The minimum absolute atomic E-state index is 0.148. The molecular formula is C18H23BrClN5O4S. The molecular weight excluding hydrogens is 498 g/mol. The molecule has 164 valence electrons. The van der Waals surface area contributed by atoms with E-state index in [-0.39, 0.29) is 11.9 Å². The molecule has 0 aliphatic heterocycles. The van der Waals surface area contributed by atoms with Gasteiger partial charge < -0.3 is 20.5 Å². The van der Waals surface area contributed by atoms with Gasteiger partial charge in [0.05, 0.1) is 32.3 Å². The number of halogens is 2. The predicted octanol–water partition coefficient (Wildman–Crippen LogP) is 4.36. The molecule has 1 heterocycles. The summed E-state index contributed by atoms with van der Waals surface area (Å²) in [7, 11) is -3.05. The van der Waals surface area contributed by atoms with Gasteiger partial charge in [-0.25, -0.2) is 14.0 Å². The van der Waals surface area contributed by atoms with E-state index in [1.165, 1.54) is 6.26 Å². The van der Waals surface area contributed by atoms with Gasteiger partial charge in [-0.1, -0.05) is 0 Å². The van der Waals surface area contributed by atoms with Crippen molar-refractivity contribution in [1.29, 1.82) is 0 Å². The topological polar surface area (TPSA) is 129 Å². The van der Waals surface area contributed by atoms with Crippen molar-refractivity contribution >= 4 is 54.9 Å². The Morgan fingerprint density at radius 1 is 1.40 bits per heavy atom. The number of rotatable bonds is 9. The normalized spacial score (nSPS) is 12.7. The molecule has 1 aromatic heterocycles. The van der Waals surface area contributed by atoms with Gasteiger partial charge in [-0.15, -0.1) is 4.36 Å². The molecule has 0 spiro atoms. The van der Waals surface area contributed by atoms with Crippen molar-refractivity contribution in [2.75, 3.05) is 37.1 Å². The first-order valence-electron chi connectivity index (χ1n) is 9.06. The van der Waals surface area contributed by atoms with E-state index >= 15 is 0 Å². The van der Waals surface area contributed by atoms with Gasteiger partial charge in [0.2, 0.25) is 5.28 Å². The van der Waals surface area contributed by atoms with E-state index in [0.717, 1.165) is 10.9 Å². The molecule has 0 aliphatic carbocycles. The molecule has 0 aliphatic rings. The zero-order valence-corrected chi connectivity index (χ0v) is 19.7. The molecule has 1 atom stereocenters. The van der Waals surface area contributed by atoms with Crippen molar-refractivity contribution in [3.63, 3.8) is 0 Å². The molecule has 1 amide bonds. The summed E-state index contributed by atoms with van der Waals surface area (Å²) in [6, 6.07) is 4.70. The summed E-state index contributed by atoms with van der Waals surface area (Å²) in [6.07, 6.45) is 3.54. The summed E-state index contributed by atoms with van der Waals surface area (Å²) in [5.41, 5.74) is 6.28. The van der Waals surface area contributed by atoms with Crippen LogP contribution in [0, 0.1) is 0 Å². The Balaban J connectivity index is 1.95. The number of ether oxygens (including phenoxy) is 2. The van der Waals surface area contributed by atoms with Gasteiger partial charge in [0.1, 0.15) is 11.6 Å². The third-order valence-electron chi connectivity index (χ3n) is 3.73.